The van der Waals surface area contributed by atoms with Gasteiger partial charge in [0.1, 0.15) is 5.03 Å². The molecule has 0 fully saturated rings. The molecule has 0 saturated carbocycles. The summed E-state index contributed by atoms with van der Waals surface area (Å²) < 4.78 is 11.3. The van der Waals surface area contributed by atoms with Crippen molar-refractivity contribution in [2.24, 2.45) is 0 Å². The molecule has 2 aromatic rings. The van der Waals surface area contributed by atoms with Crippen molar-refractivity contribution in [3.05, 3.63) is 34.5 Å². The third-order valence-electron chi connectivity index (χ3n) is 3.35. The quantitative estimate of drug-likeness (QED) is 0.834. The molecule has 1 aromatic heterocycles. The lowest BCUT2D eigenvalue weighted by Gasteiger charge is -2.10. The van der Waals surface area contributed by atoms with Gasteiger partial charge in [0.05, 0.1) is 13.2 Å². The van der Waals surface area contributed by atoms with Crippen molar-refractivity contribution < 1.29 is 9.47 Å². The van der Waals surface area contributed by atoms with Crippen LogP contribution in [0.5, 0.6) is 11.5 Å². The van der Waals surface area contributed by atoms with Gasteiger partial charge in [0, 0.05) is 11.3 Å². The van der Waals surface area contributed by atoms with Crippen LogP contribution in [0.1, 0.15) is 17.5 Å². The summed E-state index contributed by atoms with van der Waals surface area (Å²) in [5.74, 6) is 1.58. The van der Waals surface area contributed by atoms with Crippen molar-refractivity contribution >= 4 is 23.4 Å². The number of hydrogen-bond acceptors (Lipinski definition) is 5. The maximum atomic E-state index is 5.98. The number of hydrogen-bond donors (Lipinski definition) is 0. The molecule has 1 aromatic carbocycles. The molecule has 0 saturated heterocycles. The lowest BCUT2D eigenvalue weighted by atomic mass is 10.2. The number of benzene rings is 1. The second kappa shape index (κ2) is 6.12. The lowest BCUT2D eigenvalue weighted by molar-refractivity contribution is 0.297. The zero-order valence-electron chi connectivity index (χ0n) is 11.9. The van der Waals surface area contributed by atoms with E-state index >= 15 is 0 Å². The molecule has 110 valence electrons. The van der Waals surface area contributed by atoms with E-state index in [-0.39, 0.29) is 0 Å². The number of rotatable bonds is 2. The van der Waals surface area contributed by atoms with Crippen LogP contribution >= 0.6 is 23.4 Å². The Hall–Kier alpha value is -1.46. The first-order valence-corrected chi connectivity index (χ1v) is 7.91. The summed E-state index contributed by atoms with van der Waals surface area (Å²) in [4.78, 5) is 1.04. The second-order valence-electron chi connectivity index (χ2n) is 4.81. The number of halogens is 1. The van der Waals surface area contributed by atoms with Crippen LogP contribution in [0.25, 0.3) is 0 Å². The molecule has 2 heterocycles. The van der Waals surface area contributed by atoms with Crippen LogP contribution in [0.2, 0.25) is 5.15 Å². The molecule has 3 rings (SSSR count). The van der Waals surface area contributed by atoms with E-state index in [2.05, 4.69) is 10.2 Å². The van der Waals surface area contributed by atoms with E-state index in [0.29, 0.717) is 18.4 Å². The molecular weight excluding hydrogens is 308 g/mol. The van der Waals surface area contributed by atoms with Gasteiger partial charge in [-0.05, 0) is 43.2 Å². The van der Waals surface area contributed by atoms with Gasteiger partial charge in [0.25, 0.3) is 0 Å². The zero-order valence-corrected chi connectivity index (χ0v) is 13.4. The maximum absolute atomic E-state index is 5.98. The van der Waals surface area contributed by atoms with Crippen molar-refractivity contribution in [1.82, 2.24) is 10.2 Å². The average Bonchev–Trinajstić information content (AvgIpc) is 2.73. The standard InChI is InChI=1S/C15H15ClN2O2S/c1-9-10(2)15(18-17-14(9)16)21-11-4-5-12-13(8-11)20-7-3-6-19-12/h4-5,8H,3,6-7H2,1-2H3. The molecule has 0 spiro atoms. The van der Waals surface area contributed by atoms with Crippen molar-refractivity contribution in [3.63, 3.8) is 0 Å². The molecule has 0 unspecified atom stereocenters. The van der Waals surface area contributed by atoms with E-state index in [9.17, 15) is 0 Å². The minimum Gasteiger partial charge on any atom is -0.490 e. The van der Waals surface area contributed by atoms with E-state index < -0.39 is 0 Å². The first kappa shape index (κ1) is 14.5. The first-order valence-electron chi connectivity index (χ1n) is 6.72. The van der Waals surface area contributed by atoms with Gasteiger partial charge in [-0.2, -0.15) is 0 Å². The summed E-state index contributed by atoms with van der Waals surface area (Å²) in [6.07, 6.45) is 0.901. The third kappa shape index (κ3) is 3.09. The number of nitrogens with zero attached hydrogens (tertiary/aromatic N) is 2. The summed E-state index contributed by atoms with van der Waals surface area (Å²) in [7, 11) is 0. The Morgan fingerprint density at radius 2 is 1.81 bits per heavy atom. The summed E-state index contributed by atoms with van der Waals surface area (Å²) in [6, 6.07) is 5.92. The molecule has 21 heavy (non-hydrogen) atoms. The molecule has 0 atom stereocenters. The fourth-order valence-electron chi connectivity index (χ4n) is 1.97. The summed E-state index contributed by atoms with van der Waals surface area (Å²) in [6.45, 7) is 5.33. The summed E-state index contributed by atoms with van der Waals surface area (Å²) in [5.41, 5.74) is 2.01. The van der Waals surface area contributed by atoms with E-state index in [1.165, 1.54) is 0 Å². The molecule has 0 bridgehead atoms. The van der Waals surface area contributed by atoms with Gasteiger partial charge in [-0.15, -0.1) is 10.2 Å². The predicted molar refractivity (Wildman–Crippen MR) is 82.7 cm³/mol. The Balaban J connectivity index is 1.89. The molecule has 0 radical (unpaired) electrons. The highest BCUT2D eigenvalue weighted by Crippen LogP contribution is 2.37. The minimum absolute atomic E-state index is 0.454. The molecule has 1 aliphatic rings. The van der Waals surface area contributed by atoms with Crippen LogP contribution in [0.4, 0.5) is 0 Å². The highest BCUT2D eigenvalue weighted by Gasteiger charge is 2.14. The number of fused-ring (bicyclic) bond motifs is 1. The van der Waals surface area contributed by atoms with Gasteiger partial charge in [-0.25, -0.2) is 0 Å². The second-order valence-corrected chi connectivity index (χ2v) is 6.23. The highest BCUT2D eigenvalue weighted by molar-refractivity contribution is 7.99. The fraction of sp³-hybridized carbons (Fsp3) is 0.333. The highest BCUT2D eigenvalue weighted by atomic mass is 35.5. The van der Waals surface area contributed by atoms with Crippen LogP contribution in [0.15, 0.2) is 28.1 Å². The van der Waals surface area contributed by atoms with Gasteiger partial charge >= 0.3 is 0 Å². The smallest absolute Gasteiger partial charge is 0.162 e. The third-order valence-corrected chi connectivity index (χ3v) is 4.78. The van der Waals surface area contributed by atoms with Gasteiger partial charge in [0.15, 0.2) is 16.7 Å². The lowest BCUT2D eigenvalue weighted by Crippen LogP contribution is -1.97. The molecule has 4 nitrogen and oxygen atoms in total. The molecule has 6 heteroatoms. The molecule has 0 amide bonds. The van der Waals surface area contributed by atoms with E-state index in [0.717, 1.165) is 39.0 Å². The Morgan fingerprint density at radius 3 is 2.62 bits per heavy atom. The van der Waals surface area contributed by atoms with E-state index in [1.54, 1.807) is 11.8 Å². The predicted octanol–water partition coefficient (Wildman–Crippen LogP) is 4.06. The van der Waals surface area contributed by atoms with Gasteiger partial charge in [-0.1, -0.05) is 23.4 Å². The number of aromatic nitrogens is 2. The molecule has 1 aliphatic heterocycles. The summed E-state index contributed by atoms with van der Waals surface area (Å²) >= 11 is 7.53. The Labute approximate surface area is 132 Å². The van der Waals surface area contributed by atoms with E-state index in [1.807, 2.05) is 32.0 Å². The largest absolute Gasteiger partial charge is 0.490 e. The normalized spacial score (nSPS) is 13.9. The Kier molecular flexibility index (Phi) is 4.22. The molecular formula is C15H15ClN2O2S. The van der Waals surface area contributed by atoms with Crippen molar-refractivity contribution in [1.29, 1.82) is 0 Å². The monoisotopic (exact) mass is 322 g/mol. The van der Waals surface area contributed by atoms with Gasteiger partial charge in [-0.3, -0.25) is 0 Å². The number of ether oxygens (including phenoxy) is 2. The summed E-state index contributed by atoms with van der Waals surface area (Å²) in [5, 5.41) is 9.46. The van der Waals surface area contributed by atoms with Crippen molar-refractivity contribution in [2.75, 3.05) is 13.2 Å². The Morgan fingerprint density at radius 1 is 1.05 bits per heavy atom. The van der Waals surface area contributed by atoms with Crippen LogP contribution in [0.3, 0.4) is 0 Å². The average molecular weight is 323 g/mol. The molecule has 0 N–H and O–H groups in total. The van der Waals surface area contributed by atoms with Crippen LogP contribution < -0.4 is 9.47 Å². The maximum Gasteiger partial charge on any atom is 0.162 e. The zero-order chi connectivity index (χ0) is 14.8. The fourth-order valence-corrected chi connectivity index (χ4v) is 3.06. The molecule has 0 aliphatic carbocycles. The van der Waals surface area contributed by atoms with Crippen LogP contribution in [0, 0.1) is 13.8 Å². The van der Waals surface area contributed by atoms with Crippen molar-refractivity contribution in [2.45, 2.75) is 30.2 Å². The van der Waals surface area contributed by atoms with Gasteiger partial charge < -0.3 is 9.47 Å². The first-order chi connectivity index (χ1) is 10.1. The Bertz CT molecular complexity index is 679. The topological polar surface area (TPSA) is 44.2 Å². The van der Waals surface area contributed by atoms with E-state index in [4.69, 9.17) is 21.1 Å². The van der Waals surface area contributed by atoms with Crippen LogP contribution in [-0.2, 0) is 0 Å². The van der Waals surface area contributed by atoms with Crippen LogP contribution in [-0.4, -0.2) is 23.4 Å². The van der Waals surface area contributed by atoms with Crippen molar-refractivity contribution in [3.8, 4) is 11.5 Å². The van der Waals surface area contributed by atoms with Gasteiger partial charge in [0.2, 0.25) is 0 Å². The SMILES string of the molecule is Cc1c(Cl)nnc(Sc2ccc3c(c2)OCCCO3)c1C. The minimum atomic E-state index is 0.454.